The fourth-order valence-corrected chi connectivity index (χ4v) is 2.09. The zero-order chi connectivity index (χ0) is 14.2. The van der Waals surface area contributed by atoms with Crippen LogP contribution in [0, 0.1) is 0 Å². The molecule has 0 spiro atoms. The van der Waals surface area contributed by atoms with Crippen LogP contribution in [0.1, 0.15) is 27.1 Å². The number of hydrogen-bond donors (Lipinski definition) is 1. The quantitative estimate of drug-likeness (QED) is 0.849. The van der Waals surface area contributed by atoms with Gasteiger partial charge in [0.2, 0.25) is 0 Å². The molecule has 0 saturated heterocycles. The van der Waals surface area contributed by atoms with Gasteiger partial charge in [-0.05, 0) is 25.1 Å². The zero-order valence-corrected chi connectivity index (χ0v) is 9.78. The van der Waals surface area contributed by atoms with Gasteiger partial charge in [0.25, 0.3) is 11.8 Å². The minimum absolute atomic E-state index is 0.00114. The lowest BCUT2D eigenvalue weighted by atomic mass is 10.1. The molecule has 7 heteroatoms. The van der Waals surface area contributed by atoms with E-state index in [2.05, 4.69) is 0 Å². The summed E-state index contributed by atoms with van der Waals surface area (Å²) < 4.78 is 38.8. The van der Waals surface area contributed by atoms with Crippen molar-refractivity contribution < 1.29 is 22.8 Å². The fourth-order valence-electron chi connectivity index (χ4n) is 2.09. The molecule has 1 aliphatic heterocycles. The summed E-state index contributed by atoms with van der Waals surface area (Å²) in [5.41, 5.74) is 5.14. The number of imide groups is 1. The van der Waals surface area contributed by atoms with Crippen molar-refractivity contribution in [3.8, 4) is 0 Å². The van der Waals surface area contributed by atoms with Gasteiger partial charge < -0.3 is 5.73 Å². The van der Waals surface area contributed by atoms with E-state index in [1.807, 2.05) is 0 Å². The van der Waals surface area contributed by atoms with Gasteiger partial charge in [-0.15, -0.1) is 0 Å². The number of alkyl halides is 3. The van der Waals surface area contributed by atoms with E-state index >= 15 is 0 Å². The average molecular weight is 272 g/mol. The number of nitrogens with zero attached hydrogens (tertiary/aromatic N) is 1. The molecule has 0 aliphatic carbocycles. The van der Waals surface area contributed by atoms with Crippen molar-refractivity contribution in [1.82, 2.24) is 4.90 Å². The molecule has 1 aliphatic rings. The van der Waals surface area contributed by atoms with Crippen LogP contribution < -0.4 is 5.73 Å². The largest absolute Gasteiger partial charge is 0.409 e. The van der Waals surface area contributed by atoms with Crippen LogP contribution in [0.4, 0.5) is 13.2 Å². The first-order valence-corrected chi connectivity index (χ1v) is 5.61. The summed E-state index contributed by atoms with van der Waals surface area (Å²) in [6, 6.07) is 3.50. The summed E-state index contributed by atoms with van der Waals surface area (Å²) in [6.07, 6.45) is -5.19. The molecule has 2 amide bonds. The Bertz CT molecular complexity index is 493. The van der Waals surface area contributed by atoms with Gasteiger partial charge >= 0.3 is 6.18 Å². The lowest BCUT2D eigenvalue weighted by Gasteiger charge is -2.27. The highest BCUT2D eigenvalue weighted by Crippen LogP contribution is 2.33. The van der Waals surface area contributed by atoms with Gasteiger partial charge in [-0.1, -0.05) is 12.1 Å². The first-order chi connectivity index (χ1) is 8.88. The molecule has 1 aromatic carbocycles. The van der Waals surface area contributed by atoms with E-state index < -0.39 is 30.5 Å². The monoisotopic (exact) mass is 272 g/mol. The molecule has 2 rings (SSSR count). The van der Waals surface area contributed by atoms with E-state index in [-0.39, 0.29) is 22.6 Å². The third kappa shape index (κ3) is 2.21. The van der Waals surface area contributed by atoms with Crippen LogP contribution in [-0.4, -0.2) is 35.5 Å². The maximum Gasteiger partial charge on any atom is 0.409 e. The number of benzene rings is 1. The average Bonchev–Trinajstić information content (AvgIpc) is 2.59. The Labute approximate surface area is 107 Å². The summed E-state index contributed by atoms with van der Waals surface area (Å²) in [5, 5.41) is 0. The van der Waals surface area contributed by atoms with Crippen molar-refractivity contribution in [2.45, 2.75) is 18.6 Å². The molecule has 0 saturated carbocycles. The van der Waals surface area contributed by atoms with Crippen LogP contribution in [0.25, 0.3) is 0 Å². The Balaban J connectivity index is 2.42. The standard InChI is InChI=1S/C12H11F3N2O2/c13-12(14,15)9(5-6-16)17-10(18)7-3-1-2-4-8(7)11(17)19/h1-4,9H,5-6,16H2. The lowest BCUT2D eigenvalue weighted by molar-refractivity contribution is -0.171. The Morgan fingerprint density at radius 1 is 1.11 bits per heavy atom. The highest BCUT2D eigenvalue weighted by Gasteiger charge is 2.50. The number of fused-ring (bicyclic) bond motifs is 1. The number of rotatable bonds is 3. The smallest absolute Gasteiger partial charge is 0.330 e. The summed E-state index contributed by atoms with van der Waals surface area (Å²) in [6.45, 7) is -0.266. The summed E-state index contributed by atoms with van der Waals surface area (Å²) in [5.74, 6) is -1.84. The van der Waals surface area contributed by atoms with Crippen LogP contribution in [0.2, 0.25) is 0 Å². The second-order valence-electron chi connectivity index (χ2n) is 4.16. The summed E-state index contributed by atoms with van der Waals surface area (Å²) >= 11 is 0. The summed E-state index contributed by atoms with van der Waals surface area (Å²) in [4.78, 5) is 24.1. The number of nitrogens with two attached hydrogens (primary N) is 1. The predicted molar refractivity (Wildman–Crippen MR) is 60.5 cm³/mol. The second kappa shape index (κ2) is 4.65. The second-order valence-corrected chi connectivity index (χ2v) is 4.16. The molecule has 0 fully saturated rings. The van der Waals surface area contributed by atoms with Gasteiger partial charge in [-0.3, -0.25) is 14.5 Å². The molecule has 1 unspecified atom stereocenters. The van der Waals surface area contributed by atoms with Gasteiger partial charge in [0, 0.05) is 0 Å². The zero-order valence-electron chi connectivity index (χ0n) is 9.78. The number of hydrogen-bond acceptors (Lipinski definition) is 3. The molecule has 1 aromatic rings. The van der Waals surface area contributed by atoms with E-state index in [1.165, 1.54) is 24.3 Å². The van der Waals surface area contributed by atoms with Gasteiger partial charge in [0.1, 0.15) is 6.04 Å². The molecule has 2 N–H and O–H groups in total. The van der Waals surface area contributed by atoms with Crippen molar-refractivity contribution in [2.75, 3.05) is 6.54 Å². The molecule has 1 heterocycles. The third-order valence-electron chi connectivity index (χ3n) is 2.96. The maximum absolute atomic E-state index is 12.9. The van der Waals surface area contributed by atoms with Crippen molar-refractivity contribution in [2.24, 2.45) is 5.73 Å². The van der Waals surface area contributed by atoms with Gasteiger partial charge in [-0.25, -0.2) is 0 Å². The Morgan fingerprint density at radius 2 is 1.58 bits per heavy atom. The number of carbonyl (C=O) groups is 2. The van der Waals surface area contributed by atoms with Crippen molar-refractivity contribution in [1.29, 1.82) is 0 Å². The van der Waals surface area contributed by atoms with Crippen molar-refractivity contribution in [3.05, 3.63) is 35.4 Å². The highest BCUT2D eigenvalue weighted by atomic mass is 19.4. The first-order valence-electron chi connectivity index (χ1n) is 5.61. The highest BCUT2D eigenvalue weighted by molar-refractivity contribution is 6.21. The van der Waals surface area contributed by atoms with Gasteiger partial charge in [-0.2, -0.15) is 13.2 Å². The van der Waals surface area contributed by atoms with Gasteiger partial charge in [0.15, 0.2) is 0 Å². The van der Waals surface area contributed by atoms with E-state index in [9.17, 15) is 22.8 Å². The molecule has 0 aromatic heterocycles. The number of amides is 2. The Kier molecular flexibility index (Phi) is 3.32. The van der Waals surface area contributed by atoms with E-state index in [0.717, 1.165) is 0 Å². The minimum Gasteiger partial charge on any atom is -0.330 e. The minimum atomic E-state index is -4.69. The maximum atomic E-state index is 12.9. The van der Waals surface area contributed by atoms with Crippen LogP contribution in [0.5, 0.6) is 0 Å². The molecule has 102 valence electrons. The van der Waals surface area contributed by atoms with Crippen LogP contribution in [0.3, 0.4) is 0 Å². The molecule has 0 radical (unpaired) electrons. The van der Waals surface area contributed by atoms with Crippen molar-refractivity contribution >= 4 is 11.8 Å². The normalized spacial score (nSPS) is 16.7. The predicted octanol–water partition coefficient (Wildman–Crippen LogP) is 1.56. The molecular formula is C12H11F3N2O2. The number of carbonyl (C=O) groups excluding carboxylic acids is 2. The van der Waals surface area contributed by atoms with E-state index in [4.69, 9.17) is 5.73 Å². The van der Waals surface area contributed by atoms with E-state index in [0.29, 0.717) is 0 Å². The van der Waals surface area contributed by atoms with Crippen LogP contribution in [0.15, 0.2) is 24.3 Å². The Morgan fingerprint density at radius 3 is 1.95 bits per heavy atom. The van der Waals surface area contributed by atoms with Crippen LogP contribution in [-0.2, 0) is 0 Å². The van der Waals surface area contributed by atoms with Gasteiger partial charge in [0.05, 0.1) is 11.1 Å². The molecule has 0 bridgehead atoms. The third-order valence-corrected chi connectivity index (χ3v) is 2.96. The topological polar surface area (TPSA) is 63.4 Å². The van der Waals surface area contributed by atoms with Crippen molar-refractivity contribution in [3.63, 3.8) is 0 Å². The lowest BCUT2D eigenvalue weighted by Crippen LogP contribution is -2.49. The first kappa shape index (κ1) is 13.5. The molecule has 19 heavy (non-hydrogen) atoms. The van der Waals surface area contributed by atoms with Crippen LogP contribution >= 0.6 is 0 Å². The fraction of sp³-hybridized carbons (Fsp3) is 0.333. The Hall–Kier alpha value is -1.89. The molecule has 4 nitrogen and oxygen atoms in total. The molecular weight excluding hydrogens is 261 g/mol. The van der Waals surface area contributed by atoms with E-state index in [1.54, 1.807) is 0 Å². The number of halogens is 3. The molecule has 1 atom stereocenters. The SMILES string of the molecule is NCCC(N1C(=O)c2ccccc2C1=O)C(F)(F)F. The summed E-state index contributed by atoms with van der Waals surface area (Å²) in [7, 11) is 0.